The average molecular weight is 483 g/mol. The molecule has 0 saturated carbocycles. The maximum absolute atomic E-state index is 13.1. The van der Waals surface area contributed by atoms with Crippen LogP contribution in [0.25, 0.3) is 23.5 Å². The van der Waals surface area contributed by atoms with Gasteiger partial charge in [-0.05, 0) is 49.3 Å². The SMILES string of the molecule is CCCCN1C(=O)c2ccccc2/C1=C\c1ccc(/C=C2\c3ccccc3C(=O)N2CCCC)s1. The molecule has 0 bridgehead atoms. The first-order chi connectivity index (χ1) is 17.1. The number of nitrogens with zero attached hydrogens (tertiary/aromatic N) is 2. The fraction of sp³-hybridized carbons (Fsp3) is 0.267. The molecule has 0 spiro atoms. The van der Waals surface area contributed by atoms with Gasteiger partial charge in [0.25, 0.3) is 11.8 Å². The summed E-state index contributed by atoms with van der Waals surface area (Å²) < 4.78 is 0. The smallest absolute Gasteiger partial charge is 0.258 e. The van der Waals surface area contributed by atoms with E-state index >= 15 is 0 Å². The molecule has 35 heavy (non-hydrogen) atoms. The third-order valence-electron chi connectivity index (χ3n) is 6.61. The van der Waals surface area contributed by atoms with Gasteiger partial charge >= 0.3 is 0 Å². The maximum atomic E-state index is 13.1. The van der Waals surface area contributed by atoms with Gasteiger partial charge in [0.15, 0.2) is 0 Å². The molecule has 0 radical (unpaired) electrons. The lowest BCUT2D eigenvalue weighted by Crippen LogP contribution is -2.24. The molecule has 2 aromatic carbocycles. The topological polar surface area (TPSA) is 40.6 Å². The third-order valence-corrected chi connectivity index (χ3v) is 7.59. The Balaban J connectivity index is 1.50. The lowest BCUT2D eigenvalue weighted by atomic mass is 10.1. The van der Waals surface area contributed by atoms with Gasteiger partial charge in [-0.3, -0.25) is 9.59 Å². The van der Waals surface area contributed by atoms with Crippen molar-refractivity contribution in [1.29, 1.82) is 0 Å². The number of fused-ring (bicyclic) bond motifs is 2. The van der Waals surface area contributed by atoms with Crippen LogP contribution in [0.5, 0.6) is 0 Å². The van der Waals surface area contributed by atoms with E-state index in [-0.39, 0.29) is 11.8 Å². The second kappa shape index (κ2) is 10.0. The molecule has 5 heteroatoms. The molecular weight excluding hydrogens is 452 g/mol. The minimum Gasteiger partial charge on any atom is -0.308 e. The van der Waals surface area contributed by atoms with Gasteiger partial charge in [0.2, 0.25) is 0 Å². The molecular formula is C30H30N2O2S. The first kappa shape index (κ1) is 23.3. The molecule has 0 N–H and O–H groups in total. The molecule has 2 aliphatic rings. The highest BCUT2D eigenvalue weighted by Crippen LogP contribution is 2.38. The molecule has 3 heterocycles. The maximum Gasteiger partial charge on any atom is 0.258 e. The molecule has 0 saturated heterocycles. The van der Waals surface area contributed by atoms with E-state index in [1.807, 2.05) is 58.3 Å². The van der Waals surface area contributed by atoms with Crippen LogP contribution in [0.2, 0.25) is 0 Å². The zero-order valence-corrected chi connectivity index (χ0v) is 21.1. The summed E-state index contributed by atoms with van der Waals surface area (Å²) in [5.41, 5.74) is 5.52. The zero-order valence-electron chi connectivity index (χ0n) is 20.3. The zero-order chi connectivity index (χ0) is 24.4. The molecule has 5 rings (SSSR count). The second-order valence-electron chi connectivity index (χ2n) is 9.01. The van der Waals surface area contributed by atoms with E-state index in [1.54, 1.807) is 11.3 Å². The van der Waals surface area contributed by atoms with Crippen LogP contribution in [-0.4, -0.2) is 34.7 Å². The average Bonchev–Trinajstić information content (AvgIpc) is 3.52. The van der Waals surface area contributed by atoms with E-state index in [0.29, 0.717) is 0 Å². The summed E-state index contributed by atoms with van der Waals surface area (Å²) in [6, 6.07) is 20.0. The highest BCUT2D eigenvalue weighted by molar-refractivity contribution is 7.13. The van der Waals surface area contributed by atoms with Crippen molar-refractivity contribution in [2.45, 2.75) is 39.5 Å². The molecule has 1 aromatic heterocycles. The Hall–Kier alpha value is -3.44. The Morgan fingerprint density at radius 1 is 0.629 bits per heavy atom. The van der Waals surface area contributed by atoms with Crippen molar-refractivity contribution in [2.75, 3.05) is 13.1 Å². The molecule has 178 valence electrons. The van der Waals surface area contributed by atoms with Gasteiger partial charge in [-0.2, -0.15) is 0 Å². The summed E-state index contributed by atoms with van der Waals surface area (Å²) in [6.45, 7) is 5.74. The first-order valence-electron chi connectivity index (χ1n) is 12.5. The van der Waals surface area contributed by atoms with Crippen molar-refractivity contribution in [1.82, 2.24) is 9.80 Å². The number of thiophene rings is 1. The van der Waals surface area contributed by atoms with Gasteiger partial charge in [0, 0.05) is 45.1 Å². The summed E-state index contributed by atoms with van der Waals surface area (Å²) in [7, 11) is 0. The highest BCUT2D eigenvalue weighted by Gasteiger charge is 2.32. The Labute approximate surface area is 211 Å². The van der Waals surface area contributed by atoms with Gasteiger partial charge in [0.1, 0.15) is 0 Å². The van der Waals surface area contributed by atoms with Gasteiger partial charge in [-0.1, -0.05) is 63.1 Å². The Kier molecular flexibility index (Phi) is 6.69. The molecule has 4 nitrogen and oxygen atoms in total. The molecule has 0 unspecified atom stereocenters. The summed E-state index contributed by atoms with van der Waals surface area (Å²) in [6.07, 6.45) is 8.29. The quantitative estimate of drug-likeness (QED) is 0.339. The Morgan fingerprint density at radius 2 is 1.03 bits per heavy atom. The van der Waals surface area contributed by atoms with Crippen LogP contribution in [0.15, 0.2) is 60.7 Å². The lowest BCUT2D eigenvalue weighted by Gasteiger charge is -2.18. The van der Waals surface area contributed by atoms with Crippen LogP contribution in [0.3, 0.4) is 0 Å². The van der Waals surface area contributed by atoms with Crippen molar-refractivity contribution in [3.05, 3.63) is 92.7 Å². The summed E-state index contributed by atoms with van der Waals surface area (Å²) in [5.74, 6) is 0.179. The summed E-state index contributed by atoms with van der Waals surface area (Å²) in [4.78, 5) is 32.1. The van der Waals surface area contributed by atoms with E-state index in [2.05, 4.69) is 38.1 Å². The fourth-order valence-electron chi connectivity index (χ4n) is 4.77. The number of hydrogen-bond donors (Lipinski definition) is 0. The Morgan fingerprint density at radius 3 is 1.43 bits per heavy atom. The Bertz CT molecular complexity index is 1230. The van der Waals surface area contributed by atoms with Crippen molar-refractivity contribution in [3.63, 3.8) is 0 Å². The second-order valence-corrected chi connectivity index (χ2v) is 10.2. The molecule has 0 fully saturated rings. The van der Waals surface area contributed by atoms with Gasteiger partial charge in [-0.15, -0.1) is 11.3 Å². The van der Waals surface area contributed by atoms with Crippen molar-refractivity contribution >= 4 is 46.7 Å². The van der Waals surface area contributed by atoms with Crippen molar-refractivity contribution in [3.8, 4) is 0 Å². The number of rotatable bonds is 8. The molecule has 0 atom stereocenters. The van der Waals surface area contributed by atoms with Crippen LogP contribution >= 0.6 is 11.3 Å². The number of unbranched alkanes of at least 4 members (excludes halogenated alkanes) is 2. The van der Waals surface area contributed by atoms with Gasteiger partial charge in [-0.25, -0.2) is 0 Å². The van der Waals surface area contributed by atoms with Crippen LogP contribution in [-0.2, 0) is 0 Å². The van der Waals surface area contributed by atoms with Crippen LogP contribution < -0.4 is 0 Å². The molecule has 2 aliphatic heterocycles. The van der Waals surface area contributed by atoms with Crippen molar-refractivity contribution in [2.24, 2.45) is 0 Å². The number of amides is 2. The molecule has 0 aliphatic carbocycles. The predicted octanol–water partition coefficient (Wildman–Crippen LogP) is 7.26. The lowest BCUT2D eigenvalue weighted by molar-refractivity contribution is 0.0841. The number of carbonyl (C=O) groups excluding carboxylic acids is 2. The van der Waals surface area contributed by atoms with E-state index in [1.165, 1.54) is 0 Å². The largest absolute Gasteiger partial charge is 0.308 e. The summed E-state index contributed by atoms with van der Waals surface area (Å²) in [5, 5.41) is 0. The number of hydrogen-bond acceptors (Lipinski definition) is 3. The van der Waals surface area contributed by atoms with E-state index in [4.69, 9.17) is 0 Å². The highest BCUT2D eigenvalue weighted by atomic mass is 32.1. The normalized spacial score (nSPS) is 17.1. The molecule has 2 amide bonds. The van der Waals surface area contributed by atoms with Crippen molar-refractivity contribution < 1.29 is 9.59 Å². The van der Waals surface area contributed by atoms with E-state index < -0.39 is 0 Å². The number of carbonyl (C=O) groups is 2. The monoisotopic (exact) mass is 482 g/mol. The van der Waals surface area contributed by atoms with Gasteiger partial charge < -0.3 is 9.80 Å². The minimum absolute atomic E-state index is 0.0897. The number of benzene rings is 2. The van der Waals surface area contributed by atoms with E-state index in [0.717, 1.165) is 82.2 Å². The first-order valence-corrected chi connectivity index (χ1v) is 13.3. The third kappa shape index (κ3) is 4.37. The van der Waals surface area contributed by atoms with Crippen LogP contribution in [0.4, 0.5) is 0 Å². The fourth-order valence-corrected chi connectivity index (χ4v) is 5.65. The predicted molar refractivity (Wildman–Crippen MR) is 145 cm³/mol. The minimum atomic E-state index is 0.0897. The van der Waals surface area contributed by atoms with Crippen LogP contribution in [0.1, 0.15) is 81.1 Å². The molecule has 3 aromatic rings. The summed E-state index contributed by atoms with van der Waals surface area (Å²) >= 11 is 1.68. The van der Waals surface area contributed by atoms with Crippen LogP contribution in [0, 0.1) is 0 Å². The van der Waals surface area contributed by atoms with E-state index in [9.17, 15) is 9.59 Å². The standard InChI is InChI=1S/C30H30N2O2S/c1-3-5-17-31-27(23-11-7-9-13-25(23)29(31)33)19-21-15-16-22(35-21)20-28-24-12-8-10-14-26(24)30(34)32(28)18-6-4-2/h7-16,19-20H,3-6,17-18H2,1-2H3/b27-19+,28-20+. The van der Waals surface area contributed by atoms with Gasteiger partial charge in [0.05, 0.1) is 11.4 Å².